The summed E-state index contributed by atoms with van der Waals surface area (Å²) in [6, 6.07) is 16.5. The zero-order valence-corrected chi connectivity index (χ0v) is 14.1. The minimum Gasteiger partial charge on any atom is -0.464 e. The summed E-state index contributed by atoms with van der Waals surface area (Å²) in [5.41, 5.74) is 4.12. The number of aromatic amines is 1. The van der Waals surface area contributed by atoms with Crippen LogP contribution in [0.1, 0.15) is 30.7 Å². The van der Waals surface area contributed by atoms with E-state index < -0.39 is 0 Å². The molecule has 4 nitrogen and oxygen atoms in total. The van der Waals surface area contributed by atoms with Crippen LogP contribution in [0.15, 0.2) is 65.4 Å². The molecular weight excluding hydrogens is 310 g/mol. The molecule has 0 radical (unpaired) electrons. The summed E-state index contributed by atoms with van der Waals surface area (Å²) in [4.78, 5) is 12.4. The van der Waals surface area contributed by atoms with Gasteiger partial charge in [-0.2, -0.15) is 0 Å². The predicted octanol–water partition coefficient (Wildman–Crippen LogP) is 5.17. The number of aryl methyl sites for hydroxylation is 2. The summed E-state index contributed by atoms with van der Waals surface area (Å²) in [6.07, 6.45) is 9.15. The highest BCUT2D eigenvalue weighted by molar-refractivity contribution is 5.76. The summed E-state index contributed by atoms with van der Waals surface area (Å²) >= 11 is 0. The van der Waals surface area contributed by atoms with E-state index in [0.717, 1.165) is 47.6 Å². The molecule has 0 atom stereocenters. The highest BCUT2D eigenvalue weighted by Gasteiger charge is 2.07. The van der Waals surface area contributed by atoms with Crippen molar-refractivity contribution in [2.75, 3.05) is 0 Å². The first-order valence-corrected chi connectivity index (χ1v) is 8.81. The molecule has 0 aliphatic carbocycles. The number of hydrogen-bond donors (Lipinski definition) is 1. The molecule has 0 spiro atoms. The number of rotatable bonds is 7. The first-order valence-electron chi connectivity index (χ1n) is 8.81. The highest BCUT2D eigenvalue weighted by Crippen LogP contribution is 2.22. The SMILES string of the molecule is c1ccc(CCCCCc2nc3ncc(-c4ccco4)cc3[nH]2)cc1. The van der Waals surface area contributed by atoms with Crippen LogP contribution in [0.25, 0.3) is 22.5 Å². The van der Waals surface area contributed by atoms with E-state index in [1.54, 1.807) is 6.26 Å². The molecule has 1 N–H and O–H groups in total. The molecule has 1 aromatic carbocycles. The molecule has 4 aromatic rings. The Balaban J connectivity index is 1.32. The van der Waals surface area contributed by atoms with Crippen molar-refractivity contribution < 1.29 is 4.42 Å². The van der Waals surface area contributed by atoms with E-state index in [0.29, 0.717) is 0 Å². The molecule has 4 heteroatoms. The number of nitrogens with zero attached hydrogens (tertiary/aromatic N) is 2. The maximum absolute atomic E-state index is 5.43. The molecule has 0 fully saturated rings. The van der Waals surface area contributed by atoms with Crippen LogP contribution in [-0.4, -0.2) is 15.0 Å². The third-order valence-electron chi connectivity index (χ3n) is 4.41. The lowest BCUT2D eigenvalue weighted by Gasteiger charge is -2.00. The molecule has 0 aliphatic heterocycles. The molecule has 0 saturated heterocycles. The van der Waals surface area contributed by atoms with Gasteiger partial charge in [-0.05, 0) is 43.0 Å². The Bertz CT molecular complexity index is 926. The van der Waals surface area contributed by atoms with Gasteiger partial charge in [0, 0.05) is 18.2 Å². The van der Waals surface area contributed by atoms with Crippen molar-refractivity contribution in [3.8, 4) is 11.3 Å². The molecule has 4 rings (SSSR count). The maximum atomic E-state index is 5.43. The third kappa shape index (κ3) is 3.79. The minimum atomic E-state index is 0.773. The Kier molecular flexibility index (Phi) is 4.59. The third-order valence-corrected chi connectivity index (χ3v) is 4.41. The topological polar surface area (TPSA) is 54.7 Å². The van der Waals surface area contributed by atoms with Crippen LogP contribution in [0, 0.1) is 0 Å². The molecule has 0 unspecified atom stereocenters. The lowest BCUT2D eigenvalue weighted by Crippen LogP contribution is -1.90. The minimum absolute atomic E-state index is 0.773. The number of furan rings is 1. The van der Waals surface area contributed by atoms with Crippen LogP contribution in [0.4, 0.5) is 0 Å². The zero-order chi connectivity index (χ0) is 16.9. The van der Waals surface area contributed by atoms with Gasteiger partial charge in [0.1, 0.15) is 11.6 Å². The van der Waals surface area contributed by atoms with Gasteiger partial charge < -0.3 is 9.40 Å². The molecule has 0 bridgehead atoms. The van der Waals surface area contributed by atoms with Gasteiger partial charge >= 0.3 is 0 Å². The van der Waals surface area contributed by atoms with E-state index in [9.17, 15) is 0 Å². The van der Waals surface area contributed by atoms with Crippen molar-refractivity contribution in [1.29, 1.82) is 0 Å². The van der Waals surface area contributed by atoms with Crippen molar-refractivity contribution in [3.05, 3.63) is 72.4 Å². The summed E-state index contributed by atoms with van der Waals surface area (Å²) in [5.74, 6) is 1.84. The number of unbranched alkanes of at least 4 members (excludes halogenated alkanes) is 2. The van der Waals surface area contributed by atoms with E-state index >= 15 is 0 Å². The number of hydrogen-bond acceptors (Lipinski definition) is 3. The summed E-state index contributed by atoms with van der Waals surface area (Å²) in [7, 11) is 0. The molecule has 126 valence electrons. The van der Waals surface area contributed by atoms with Gasteiger partial charge in [0.05, 0.1) is 11.8 Å². The van der Waals surface area contributed by atoms with Gasteiger partial charge in [-0.3, -0.25) is 0 Å². The fourth-order valence-electron chi connectivity index (χ4n) is 3.09. The average molecular weight is 331 g/mol. The molecule has 0 aliphatic rings. The zero-order valence-electron chi connectivity index (χ0n) is 14.1. The summed E-state index contributed by atoms with van der Waals surface area (Å²) in [5, 5.41) is 0. The number of nitrogens with one attached hydrogen (secondary N) is 1. The molecule has 3 aromatic heterocycles. The van der Waals surface area contributed by atoms with Crippen molar-refractivity contribution in [3.63, 3.8) is 0 Å². The van der Waals surface area contributed by atoms with E-state index in [1.807, 2.05) is 24.4 Å². The smallest absolute Gasteiger partial charge is 0.177 e. The van der Waals surface area contributed by atoms with Crippen LogP contribution < -0.4 is 0 Å². The van der Waals surface area contributed by atoms with Gasteiger partial charge in [-0.25, -0.2) is 9.97 Å². The lowest BCUT2D eigenvalue weighted by atomic mass is 10.1. The number of pyridine rings is 1. The maximum Gasteiger partial charge on any atom is 0.177 e. The second kappa shape index (κ2) is 7.34. The lowest BCUT2D eigenvalue weighted by molar-refractivity contribution is 0.582. The highest BCUT2D eigenvalue weighted by atomic mass is 16.3. The first kappa shape index (κ1) is 15.6. The Morgan fingerprint density at radius 2 is 1.80 bits per heavy atom. The number of aromatic nitrogens is 3. The number of benzene rings is 1. The van der Waals surface area contributed by atoms with Crippen LogP contribution in [0.5, 0.6) is 0 Å². The standard InChI is InChI=1S/C21H21N3O/c1-3-8-16(9-4-1)10-5-2-6-12-20-23-18-14-17(15-22-21(18)24-20)19-11-7-13-25-19/h1,3-4,7-9,11,13-15H,2,5-6,10,12H2,(H,22,23,24). The number of H-pyrrole nitrogens is 1. The molecular formula is C21H21N3O. The largest absolute Gasteiger partial charge is 0.464 e. The van der Waals surface area contributed by atoms with E-state index in [-0.39, 0.29) is 0 Å². The van der Waals surface area contributed by atoms with Gasteiger partial charge in [0.15, 0.2) is 5.65 Å². The van der Waals surface area contributed by atoms with Crippen LogP contribution in [-0.2, 0) is 12.8 Å². The van der Waals surface area contributed by atoms with Crippen molar-refractivity contribution in [2.24, 2.45) is 0 Å². The number of fused-ring (bicyclic) bond motifs is 1. The normalized spacial score (nSPS) is 11.2. The Hall–Kier alpha value is -2.88. The number of imidazole rings is 1. The fraction of sp³-hybridized carbons (Fsp3) is 0.238. The second-order valence-electron chi connectivity index (χ2n) is 6.30. The van der Waals surface area contributed by atoms with Crippen LogP contribution in [0.2, 0.25) is 0 Å². The van der Waals surface area contributed by atoms with E-state index in [4.69, 9.17) is 4.42 Å². The predicted molar refractivity (Wildman–Crippen MR) is 99.3 cm³/mol. The monoisotopic (exact) mass is 331 g/mol. The fourth-order valence-corrected chi connectivity index (χ4v) is 3.09. The second-order valence-corrected chi connectivity index (χ2v) is 6.30. The Labute approximate surface area is 146 Å². The van der Waals surface area contributed by atoms with Crippen LogP contribution >= 0.6 is 0 Å². The summed E-state index contributed by atoms with van der Waals surface area (Å²) in [6.45, 7) is 0. The van der Waals surface area contributed by atoms with E-state index in [2.05, 4.69) is 45.3 Å². The Morgan fingerprint density at radius 1 is 0.920 bits per heavy atom. The van der Waals surface area contributed by atoms with Gasteiger partial charge in [0.25, 0.3) is 0 Å². The van der Waals surface area contributed by atoms with Gasteiger partial charge in [-0.15, -0.1) is 0 Å². The first-order chi connectivity index (χ1) is 12.4. The summed E-state index contributed by atoms with van der Waals surface area (Å²) < 4.78 is 5.43. The molecule has 0 saturated carbocycles. The average Bonchev–Trinajstić information content (AvgIpc) is 3.31. The van der Waals surface area contributed by atoms with Gasteiger partial charge in [-0.1, -0.05) is 36.8 Å². The molecule has 25 heavy (non-hydrogen) atoms. The van der Waals surface area contributed by atoms with Crippen LogP contribution in [0.3, 0.4) is 0 Å². The van der Waals surface area contributed by atoms with Crippen molar-refractivity contribution in [1.82, 2.24) is 15.0 Å². The van der Waals surface area contributed by atoms with Crippen molar-refractivity contribution in [2.45, 2.75) is 32.1 Å². The Morgan fingerprint density at radius 3 is 2.64 bits per heavy atom. The molecule has 3 heterocycles. The van der Waals surface area contributed by atoms with Crippen molar-refractivity contribution >= 4 is 11.2 Å². The molecule has 0 amide bonds. The quantitative estimate of drug-likeness (QED) is 0.475. The van der Waals surface area contributed by atoms with Gasteiger partial charge in [0.2, 0.25) is 0 Å². The van der Waals surface area contributed by atoms with E-state index in [1.165, 1.54) is 18.4 Å².